The van der Waals surface area contributed by atoms with Crippen LogP contribution in [0.2, 0.25) is 0 Å². The largest absolute Gasteiger partial charge is 0.351 e. The molecule has 1 fully saturated rings. The summed E-state index contributed by atoms with van der Waals surface area (Å²) >= 11 is 5.86. The fourth-order valence-electron chi connectivity index (χ4n) is 4.29. The number of hydrogen-bond donors (Lipinski definition) is 1. The Hall–Kier alpha value is -3.51. The molecule has 1 aliphatic rings. The smallest absolute Gasteiger partial charge is 0.174 e. The van der Waals surface area contributed by atoms with Gasteiger partial charge in [0.05, 0.1) is 11.7 Å². The van der Waals surface area contributed by atoms with Crippen LogP contribution in [0.4, 0.5) is 5.69 Å². The summed E-state index contributed by atoms with van der Waals surface area (Å²) in [5.74, 6) is 1.35. The summed E-state index contributed by atoms with van der Waals surface area (Å²) in [6, 6.07) is 24.7. The van der Waals surface area contributed by atoms with Gasteiger partial charge in [-0.2, -0.15) is 0 Å². The van der Waals surface area contributed by atoms with Crippen LogP contribution in [0.15, 0.2) is 91.4 Å². The van der Waals surface area contributed by atoms with E-state index in [9.17, 15) is 0 Å². The van der Waals surface area contributed by atoms with E-state index < -0.39 is 0 Å². The van der Waals surface area contributed by atoms with Crippen LogP contribution in [-0.2, 0) is 0 Å². The van der Waals surface area contributed by atoms with E-state index >= 15 is 0 Å². The van der Waals surface area contributed by atoms with Crippen molar-refractivity contribution in [2.24, 2.45) is 0 Å². The van der Waals surface area contributed by atoms with E-state index in [1.54, 1.807) is 0 Å². The summed E-state index contributed by atoms with van der Waals surface area (Å²) in [5, 5.41) is 4.23. The van der Waals surface area contributed by atoms with Crippen molar-refractivity contribution in [3.63, 3.8) is 0 Å². The standard InChI is InChI=1S/C26H25N5S/c1-18(2)19-11-13-20(14-12-19)31-25(24(29-26(31)32)21-8-3-5-15-27-21)22-9-7-17-30(22)23-10-4-6-16-28-23/h3-18,24-25H,1-2H3,(H,29,32)/t24-,25+/m1/s1. The molecule has 0 bridgehead atoms. The molecular formula is C26H25N5S. The van der Waals surface area contributed by atoms with Crippen LogP contribution < -0.4 is 10.2 Å². The SMILES string of the molecule is CC(C)c1ccc(N2C(=S)N[C@H](c3ccccn3)[C@@H]2c2cccn2-c2ccccn2)cc1. The normalized spacial score (nSPS) is 18.2. The van der Waals surface area contributed by atoms with Crippen LogP contribution in [0.5, 0.6) is 0 Å². The maximum atomic E-state index is 5.86. The van der Waals surface area contributed by atoms with Crippen molar-refractivity contribution >= 4 is 23.0 Å². The minimum Gasteiger partial charge on any atom is -0.351 e. The highest BCUT2D eigenvalue weighted by molar-refractivity contribution is 7.80. The first-order chi connectivity index (χ1) is 15.6. The molecule has 1 saturated heterocycles. The highest BCUT2D eigenvalue weighted by Gasteiger charge is 2.42. The van der Waals surface area contributed by atoms with Gasteiger partial charge >= 0.3 is 0 Å². The van der Waals surface area contributed by atoms with E-state index in [4.69, 9.17) is 12.2 Å². The van der Waals surface area contributed by atoms with Crippen molar-refractivity contribution in [3.8, 4) is 5.82 Å². The number of pyridine rings is 2. The lowest BCUT2D eigenvalue weighted by Crippen LogP contribution is -2.30. The van der Waals surface area contributed by atoms with Gasteiger partial charge in [0.2, 0.25) is 0 Å². The van der Waals surface area contributed by atoms with Crippen LogP contribution in [0.25, 0.3) is 5.82 Å². The van der Waals surface area contributed by atoms with Crippen LogP contribution in [0, 0.1) is 0 Å². The summed E-state index contributed by atoms with van der Waals surface area (Å²) in [7, 11) is 0. The zero-order valence-corrected chi connectivity index (χ0v) is 18.9. The number of hydrogen-bond acceptors (Lipinski definition) is 3. The predicted molar refractivity (Wildman–Crippen MR) is 132 cm³/mol. The Labute approximate surface area is 193 Å². The maximum Gasteiger partial charge on any atom is 0.174 e. The van der Waals surface area contributed by atoms with Crippen molar-refractivity contribution < 1.29 is 0 Å². The summed E-state index contributed by atoms with van der Waals surface area (Å²) in [6.45, 7) is 4.41. The molecule has 0 amide bonds. The van der Waals surface area contributed by atoms with Gasteiger partial charge in [-0.25, -0.2) is 4.98 Å². The Morgan fingerprint density at radius 1 is 0.875 bits per heavy atom. The molecule has 3 aromatic heterocycles. The predicted octanol–water partition coefficient (Wildman–Crippen LogP) is 5.57. The Morgan fingerprint density at radius 3 is 2.28 bits per heavy atom. The fraction of sp³-hybridized carbons (Fsp3) is 0.192. The molecule has 0 unspecified atom stereocenters. The molecule has 0 aliphatic carbocycles. The van der Waals surface area contributed by atoms with Crippen LogP contribution in [-0.4, -0.2) is 19.6 Å². The van der Waals surface area contributed by atoms with Gasteiger partial charge in [0, 0.05) is 30.0 Å². The number of benzene rings is 1. The monoisotopic (exact) mass is 439 g/mol. The molecular weight excluding hydrogens is 414 g/mol. The van der Waals surface area contributed by atoms with E-state index in [0.717, 1.165) is 22.9 Å². The van der Waals surface area contributed by atoms with E-state index in [0.29, 0.717) is 11.0 Å². The zero-order valence-electron chi connectivity index (χ0n) is 18.1. The lowest BCUT2D eigenvalue weighted by Gasteiger charge is -2.29. The quantitative estimate of drug-likeness (QED) is 0.412. The number of aromatic nitrogens is 3. The van der Waals surface area contributed by atoms with Gasteiger partial charge in [0.25, 0.3) is 0 Å². The minimum absolute atomic E-state index is 0.0840. The fourth-order valence-corrected chi connectivity index (χ4v) is 4.64. The maximum absolute atomic E-state index is 5.86. The van der Waals surface area contributed by atoms with Gasteiger partial charge in [-0.1, -0.05) is 38.1 Å². The second-order valence-electron chi connectivity index (χ2n) is 8.23. The molecule has 1 aliphatic heterocycles. The van der Waals surface area contributed by atoms with Crippen LogP contribution in [0.3, 0.4) is 0 Å². The van der Waals surface area contributed by atoms with Crippen LogP contribution in [0.1, 0.15) is 48.8 Å². The number of anilines is 1. The number of rotatable bonds is 5. The lowest BCUT2D eigenvalue weighted by molar-refractivity contribution is 0.548. The molecule has 4 heterocycles. The molecule has 1 N–H and O–H groups in total. The van der Waals surface area contributed by atoms with Crippen molar-refractivity contribution in [1.82, 2.24) is 19.9 Å². The highest BCUT2D eigenvalue weighted by atomic mass is 32.1. The number of thiocarbonyl (C=S) groups is 1. The molecule has 4 aromatic rings. The van der Waals surface area contributed by atoms with Gasteiger partial charge in [-0.3, -0.25) is 4.98 Å². The van der Waals surface area contributed by atoms with Gasteiger partial charge < -0.3 is 14.8 Å². The molecule has 6 heteroatoms. The molecule has 0 spiro atoms. The lowest BCUT2D eigenvalue weighted by atomic mass is 9.99. The summed E-state index contributed by atoms with van der Waals surface area (Å²) in [5.41, 5.74) is 4.42. The van der Waals surface area contributed by atoms with Crippen LogP contribution >= 0.6 is 12.2 Å². The molecule has 2 atom stereocenters. The first kappa shape index (κ1) is 20.4. The van der Waals surface area contributed by atoms with Gasteiger partial charge in [-0.15, -0.1) is 0 Å². The number of nitrogens with one attached hydrogen (secondary N) is 1. The third-order valence-corrected chi connectivity index (χ3v) is 6.23. The van der Waals surface area contributed by atoms with Crippen molar-refractivity contribution in [2.75, 3.05) is 4.90 Å². The van der Waals surface area contributed by atoms with Gasteiger partial charge in [0.15, 0.2) is 5.11 Å². The molecule has 1 aromatic carbocycles. The van der Waals surface area contributed by atoms with E-state index in [2.05, 4.69) is 81.2 Å². The van der Waals surface area contributed by atoms with E-state index in [1.807, 2.05) is 48.8 Å². The molecule has 160 valence electrons. The zero-order chi connectivity index (χ0) is 22.1. The van der Waals surface area contributed by atoms with Crippen molar-refractivity contribution in [2.45, 2.75) is 31.8 Å². The Balaban J connectivity index is 1.64. The molecule has 0 saturated carbocycles. The third kappa shape index (κ3) is 3.67. The topological polar surface area (TPSA) is 46.0 Å². The second kappa shape index (κ2) is 8.55. The Bertz CT molecular complexity index is 1200. The average Bonchev–Trinajstić information content (AvgIpc) is 3.44. The first-order valence-corrected chi connectivity index (χ1v) is 11.2. The van der Waals surface area contributed by atoms with Crippen molar-refractivity contribution in [3.05, 3.63) is 108 Å². The third-order valence-electron chi connectivity index (χ3n) is 5.92. The van der Waals surface area contributed by atoms with Gasteiger partial charge in [-0.05, 0) is 72.2 Å². The first-order valence-electron chi connectivity index (χ1n) is 10.8. The van der Waals surface area contributed by atoms with Crippen molar-refractivity contribution in [1.29, 1.82) is 0 Å². The molecule has 32 heavy (non-hydrogen) atoms. The van der Waals surface area contributed by atoms with Gasteiger partial charge in [0.1, 0.15) is 11.9 Å². The Kier molecular flexibility index (Phi) is 5.45. The summed E-state index contributed by atoms with van der Waals surface area (Å²) in [6.07, 6.45) is 5.69. The Morgan fingerprint density at radius 2 is 1.62 bits per heavy atom. The summed E-state index contributed by atoms with van der Waals surface area (Å²) in [4.78, 5) is 11.4. The summed E-state index contributed by atoms with van der Waals surface area (Å²) < 4.78 is 2.13. The van der Waals surface area contributed by atoms with E-state index in [1.165, 1.54) is 5.56 Å². The average molecular weight is 440 g/mol. The highest BCUT2D eigenvalue weighted by Crippen LogP contribution is 2.42. The minimum atomic E-state index is -0.0918. The molecule has 0 radical (unpaired) electrons. The second-order valence-corrected chi connectivity index (χ2v) is 8.62. The number of nitrogens with zero attached hydrogens (tertiary/aromatic N) is 4. The molecule has 5 nitrogen and oxygen atoms in total. The van der Waals surface area contributed by atoms with E-state index in [-0.39, 0.29) is 12.1 Å². The molecule has 5 rings (SSSR count).